The highest BCUT2D eigenvalue weighted by molar-refractivity contribution is 5.77. The molecule has 5 nitrogen and oxygen atoms in total. The van der Waals surface area contributed by atoms with Gasteiger partial charge in [-0.15, -0.1) is 0 Å². The number of ether oxygens (including phenoxy) is 1. The van der Waals surface area contributed by atoms with Crippen molar-refractivity contribution >= 4 is 11.6 Å². The van der Waals surface area contributed by atoms with Crippen molar-refractivity contribution < 1.29 is 9.53 Å². The number of aromatic nitrogens is 2. The predicted octanol–water partition coefficient (Wildman–Crippen LogP) is 6.44. The van der Waals surface area contributed by atoms with Crippen molar-refractivity contribution in [3.8, 4) is 5.75 Å². The first-order valence-corrected chi connectivity index (χ1v) is 12.6. The highest BCUT2D eigenvalue weighted by atomic mass is 16.5. The van der Waals surface area contributed by atoms with Crippen LogP contribution in [0.25, 0.3) is 5.65 Å². The van der Waals surface area contributed by atoms with Gasteiger partial charge in [0.05, 0.1) is 5.69 Å². The van der Waals surface area contributed by atoms with Gasteiger partial charge in [0.25, 0.3) is 0 Å². The Morgan fingerprint density at radius 1 is 1.00 bits per heavy atom. The molecule has 2 heterocycles. The van der Waals surface area contributed by atoms with Gasteiger partial charge in [-0.3, -0.25) is 4.79 Å². The van der Waals surface area contributed by atoms with Gasteiger partial charge in [0.15, 0.2) is 11.4 Å². The minimum absolute atomic E-state index is 0.0705. The van der Waals surface area contributed by atoms with Crippen LogP contribution in [0.15, 0.2) is 79.1 Å². The van der Waals surface area contributed by atoms with E-state index in [1.165, 1.54) is 18.4 Å². The molecule has 0 saturated carbocycles. The van der Waals surface area contributed by atoms with Crippen molar-refractivity contribution in [3.63, 3.8) is 0 Å². The van der Waals surface area contributed by atoms with E-state index >= 15 is 0 Å². The molecule has 0 aliphatic carbocycles. The topological polar surface area (TPSA) is 55.6 Å². The van der Waals surface area contributed by atoms with E-state index in [4.69, 9.17) is 9.72 Å². The molecule has 1 N–H and O–H groups in total. The Bertz CT molecular complexity index is 1230. The molecular formula is C30H35N3O2. The molecule has 5 heteroatoms. The lowest BCUT2D eigenvalue weighted by molar-refractivity contribution is -0.121. The first-order chi connectivity index (χ1) is 17.2. The number of carbonyl (C=O) groups is 1. The first kappa shape index (κ1) is 24.5. The van der Waals surface area contributed by atoms with Gasteiger partial charge in [0.2, 0.25) is 5.91 Å². The summed E-state index contributed by atoms with van der Waals surface area (Å²) in [5, 5.41) is 3.13. The number of nitrogens with zero attached hydrogens (tertiary/aromatic N) is 2. The zero-order valence-corrected chi connectivity index (χ0v) is 20.7. The summed E-state index contributed by atoms with van der Waals surface area (Å²) < 4.78 is 8.19. The third-order valence-corrected chi connectivity index (χ3v) is 6.43. The largest absolute Gasteiger partial charge is 0.485 e. The van der Waals surface area contributed by atoms with Crippen LogP contribution in [0.4, 0.5) is 0 Å². The molecule has 1 amide bonds. The number of carbonyl (C=O) groups excluding carboxylic acids is 1. The second-order valence-electron chi connectivity index (χ2n) is 9.05. The zero-order chi connectivity index (χ0) is 24.5. The fourth-order valence-electron chi connectivity index (χ4n) is 4.50. The van der Waals surface area contributed by atoms with E-state index in [1.807, 2.05) is 67.0 Å². The normalized spacial score (nSPS) is 11.9. The Hall–Kier alpha value is -3.60. The minimum Gasteiger partial charge on any atom is -0.485 e. The zero-order valence-electron chi connectivity index (χ0n) is 20.7. The molecule has 0 radical (unpaired) electrons. The van der Waals surface area contributed by atoms with Crippen LogP contribution in [0.5, 0.6) is 5.75 Å². The lowest BCUT2D eigenvalue weighted by atomic mass is 9.89. The number of hydrogen-bond donors (Lipinski definition) is 1. The van der Waals surface area contributed by atoms with Crippen molar-refractivity contribution in [1.29, 1.82) is 0 Å². The third-order valence-electron chi connectivity index (χ3n) is 6.43. The summed E-state index contributed by atoms with van der Waals surface area (Å²) in [6.07, 6.45) is 8.83. The molecule has 35 heavy (non-hydrogen) atoms. The molecule has 2 aromatic carbocycles. The molecule has 4 aromatic rings. The Morgan fingerprint density at radius 3 is 2.60 bits per heavy atom. The number of unbranched alkanes of at least 4 members (excludes halogenated alkanes) is 3. The van der Waals surface area contributed by atoms with Gasteiger partial charge in [-0.2, -0.15) is 0 Å². The van der Waals surface area contributed by atoms with Gasteiger partial charge < -0.3 is 14.5 Å². The van der Waals surface area contributed by atoms with E-state index in [1.54, 1.807) is 0 Å². The fraction of sp³-hybridized carbons (Fsp3) is 0.333. The molecule has 4 rings (SSSR count). The summed E-state index contributed by atoms with van der Waals surface area (Å²) in [4.78, 5) is 17.7. The number of hydrogen-bond acceptors (Lipinski definition) is 3. The van der Waals surface area contributed by atoms with Crippen LogP contribution >= 0.6 is 0 Å². The number of aryl methyl sites for hydroxylation is 1. The molecule has 0 aliphatic rings. The molecule has 0 fully saturated rings. The van der Waals surface area contributed by atoms with Crippen molar-refractivity contribution in [2.75, 3.05) is 6.54 Å². The van der Waals surface area contributed by atoms with Gasteiger partial charge in [0, 0.05) is 31.3 Å². The summed E-state index contributed by atoms with van der Waals surface area (Å²) in [5.41, 5.74) is 5.16. The van der Waals surface area contributed by atoms with Crippen molar-refractivity contribution in [2.24, 2.45) is 0 Å². The van der Waals surface area contributed by atoms with Gasteiger partial charge in [-0.25, -0.2) is 4.98 Å². The predicted molar refractivity (Wildman–Crippen MR) is 141 cm³/mol. The molecular weight excluding hydrogens is 434 g/mol. The fourth-order valence-corrected chi connectivity index (χ4v) is 4.50. The van der Waals surface area contributed by atoms with E-state index < -0.39 is 0 Å². The van der Waals surface area contributed by atoms with Crippen molar-refractivity contribution in [2.45, 2.75) is 58.5 Å². The van der Waals surface area contributed by atoms with Gasteiger partial charge in [-0.1, -0.05) is 80.8 Å². The first-order valence-electron chi connectivity index (χ1n) is 12.6. The summed E-state index contributed by atoms with van der Waals surface area (Å²) in [7, 11) is 0. The average molecular weight is 470 g/mol. The second-order valence-corrected chi connectivity index (χ2v) is 9.05. The molecule has 0 saturated heterocycles. The average Bonchev–Trinajstić information content (AvgIpc) is 3.32. The molecule has 1 unspecified atom stereocenters. The third kappa shape index (κ3) is 6.30. The van der Waals surface area contributed by atoms with E-state index in [0.29, 0.717) is 13.0 Å². The van der Waals surface area contributed by atoms with E-state index in [9.17, 15) is 4.79 Å². The monoisotopic (exact) mass is 469 g/mol. The number of pyridine rings is 1. The van der Waals surface area contributed by atoms with Crippen LogP contribution < -0.4 is 10.1 Å². The minimum atomic E-state index is -0.105. The van der Waals surface area contributed by atoms with E-state index in [2.05, 4.69) is 35.7 Å². The summed E-state index contributed by atoms with van der Waals surface area (Å²) in [6, 6.07) is 22.3. The second kappa shape index (κ2) is 12.2. The lowest BCUT2D eigenvalue weighted by Gasteiger charge is -2.19. The maximum Gasteiger partial charge on any atom is 0.221 e. The van der Waals surface area contributed by atoms with Crippen LogP contribution in [0.2, 0.25) is 0 Å². The van der Waals surface area contributed by atoms with Gasteiger partial charge in [-0.05, 0) is 42.2 Å². The lowest BCUT2D eigenvalue weighted by Crippen LogP contribution is -2.27. The van der Waals surface area contributed by atoms with Crippen LogP contribution in [-0.2, 0) is 11.4 Å². The maximum absolute atomic E-state index is 13.0. The van der Waals surface area contributed by atoms with E-state index in [-0.39, 0.29) is 11.8 Å². The van der Waals surface area contributed by atoms with Crippen molar-refractivity contribution in [1.82, 2.24) is 14.7 Å². The number of amides is 1. The SMILES string of the molecule is CCCCCCNC(=O)CC(c1ccccc1C)c1cnc2c(OCc3ccccc3)cccn12. The number of rotatable bonds is 12. The molecule has 0 spiro atoms. The van der Waals surface area contributed by atoms with E-state index in [0.717, 1.165) is 47.6 Å². The van der Waals surface area contributed by atoms with Gasteiger partial charge >= 0.3 is 0 Å². The molecule has 0 aliphatic heterocycles. The Morgan fingerprint density at radius 2 is 1.80 bits per heavy atom. The number of imidazole rings is 1. The Labute approximate surface area is 208 Å². The number of fused-ring (bicyclic) bond motifs is 1. The molecule has 182 valence electrons. The summed E-state index contributed by atoms with van der Waals surface area (Å²) >= 11 is 0. The van der Waals surface area contributed by atoms with Crippen LogP contribution in [0.1, 0.15) is 67.3 Å². The highest BCUT2D eigenvalue weighted by Gasteiger charge is 2.24. The Kier molecular flexibility index (Phi) is 8.55. The summed E-state index contributed by atoms with van der Waals surface area (Å²) in [6.45, 7) is 5.50. The standard InChI is InChI=1S/C30H35N3O2/c1-3-4-5-11-18-31-29(34)20-26(25-16-10-9-13-23(25)2)27-21-32-30-28(17-12-19-33(27)30)35-22-24-14-7-6-8-15-24/h6-10,12-17,19,21,26H,3-5,11,18,20,22H2,1-2H3,(H,31,34). The molecule has 0 bridgehead atoms. The Balaban J connectivity index is 1.58. The van der Waals surface area contributed by atoms with Crippen LogP contribution in [-0.4, -0.2) is 21.8 Å². The molecule has 1 atom stereocenters. The van der Waals surface area contributed by atoms with Crippen LogP contribution in [0.3, 0.4) is 0 Å². The number of benzene rings is 2. The maximum atomic E-state index is 13.0. The smallest absolute Gasteiger partial charge is 0.221 e. The number of nitrogens with one attached hydrogen (secondary N) is 1. The van der Waals surface area contributed by atoms with Crippen LogP contribution in [0, 0.1) is 6.92 Å². The van der Waals surface area contributed by atoms with Gasteiger partial charge in [0.1, 0.15) is 6.61 Å². The molecule has 2 aromatic heterocycles. The van der Waals surface area contributed by atoms with Crippen molar-refractivity contribution in [3.05, 3.63) is 102 Å². The summed E-state index contributed by atoms with van der Waals surface area (Å²) in [5.74, 6) is 0.693. The highest BCUT2D eigenvalue weighted by Crippen LogP contribution is 2.32. The quantitative estimate of drug-likeness (QED) is 0.243.